The summed E-state index contributed by atoms with van der Waals surface area (Å²) >= 11 is 1.50. The quantitative estimate of drug-likeness (QED) is 0.136. The molecule has 1 N–H and O–H groups in total. The van der Waals surface area contributed by atoms with E-state index in [9.17, 15) is 4.79 Å². The van der Waals surface area contributed by atoms with Gasteiger partial charge in [0.2, 0.25) is 0 Å². The Hall–Kier alpha value is -4.66. The van der Waals surface area contributed by atoms with E-state index >= 15 is 0 Å². The van der Waals surface area contributed by atoms with Gasteiger partial charge >= 0.3 is 0 Å². The molecule has 0 aliphatic carbocycles. The van der Waals surface area contributed by atoms with Crippen molar-refractivity contribution >= 4 is 22.9 Å². The van der Waals surface area contributed by atoms with Crippen LogP contribution in [0.1, 0.15) is 43.3 Å². The summed E-state index contributed by atoms with van der Waals surface area (Å²) in [6.07, 6.45) is 0.810. The number of carbonyl (C=O) groups excluding carboxylic acids is 1. The second-order valence-corrected chi connectivity index (χ2v) is 11.9. The third kappa shape index (κ3) is 8.94. The van der Waals surface area contributed by atoms with Crippen LogP contribution in [0.5, 0.6) is 17.2 Å². The highest BCUT2D eigenvalue weighted by atomic mass is 32.1. The van der Waals surface area contributed by atoms with E-state index in [1.807, 2.05) is 73.0 Å². The number of carbonyl (C=O) groups is 1. The van der Waals surface area contributed by atoms with Crippen molar-refractivity contribution in [3.8, 4) is 17.2 Å². The van der Waals surface area contributed by atoms with Crippen molar-refractivity contribution < 1.29 is 19.0 Å². The van der Waals surface area contributed by atoms with Gasteiger partial charge in [-0.15, -0.1) is 11.3 Å². The molecule has 7 nitrogen and oxygen atoms in total. The minimum atomic E-state index is -0.205. The number of benzene rings is 4. The lowest BCUT2D eigenvalue weighted by molar-refractivity contribution is 0.102. The summed E-state index contributed by atoms with van der Waals surface area (Å²) in [4.78, 5) is 20.0. The van der Waals surface area contributed by atoms with E-state index in [1.54, 1.807) is 14.2 Å². The number of aromatic nitrogens is 1. The average molecular weight is 622 g/mol. The number of ether oxygens (including phenoxy) is 3. The normalized spacial score (nSPS) is 11.0. The molecule has 0 bridgehead atoms. The number of anilines is 1. The third-order valence-electron chi connectivity index (χ3n) is 7.65. The third-order valence-corrected chi connectivity index (χ3v) is 8.48. The number of rotatable bonds is 14. The zero-order valence-corrected chi connectivity index (χ0v) is 27.0. The Morgan fingerprint density at radius 1 is 0.800 bits per heavy atom. The van der Waals surface area contributed by atoms with E-state index < -0.39 is 0 Å². The molecular weight excluding hydrogens is 582 g/mol. The van der Waals surface area contributed by atoms with Crippen molar-refractivity contribution in [2.75, 3.05) is 26.1 Å². The highest BCUT2D eigenvalue weighted by molar-refractivity contribution is 7.09. The number of methoxy groups -OCH3 is 2. The maximum Gasteiger partial charge on any atom is 0.275 e. The van der Waals surface area contributed by atoms with Crippen molar-refractivity contribution in [3.63, 3.8) is 0 Å². The first kappa shape index (κ1) is 31.8. The summed E-state index contributed by atoms with van der Waals surface area (Å²) in [5, 5.41) is 5.70. The molecule has 5 aromatic rings. The van der Waals surface area contributed by atoms with E-state index in [4.69, 9.17) is 19.2 Å². The first-order chi connectivity index (χ1) is 21.9. The van der Waals surface area contributed by atoms with Crippen LogP contribution in [-0.2, 0) is 26.1 Å². The molecule has 0 fully saturated rings. The van der Waals surface area contributed by atoms with Gasteiger partial charge in [0.15, 0.2) is 11.5 Å². The first-order valence-corrected chi connectivity index (χ1v) is 15.8. The van der Waals surface area contributed by atoms with Crippen molar-refractivity contribution in [2.24, 2.45) is 0 Å². The SMILES string of the molecule is COc1ccc(CCN(Cc2ccc(OCc3ccccc3)cc2)Cc2nc(C(=O)Nc3ccc(C)c(C)c3)cs2)cc1OC. The Morgan fingerprint density at radius 2 is 1.56 bits per heavy atom. The molecule has 5 rings (SSSR count). The molecule has 0 radical (unpaired) electrons. The van der Waals surface area contributed by atoms with Gasteiger partial charge in [-0.2, -0.15) is 0 Å². The summed E-state index contributed by atoms with van der Waals surface area (Å²) in [5.41, 5.74) is 6.96. The summed E-state index contributed by atoms with van der Waals surface area (Å²) in [7, 11) is 3.29. The number of hydrogen-bond acceptors (Lipinski definition) is 7. The molecule has 0 spiro atoms. The standard InChI is InChI=1S/C37H39N3O4S/c1-26-10-14-31(20-27(26)2)38-37(41)33-25-45-36(39-33)23-40(19-18-28-13-17-34(42-3)35(21-28)43-4)22-29-11-15-32(16-12-29)44-24-30-8-6-5-7-9-30/h5-17,20-21,25H,18-19,22-24H2,1-4H3,(H,38,41). The predicted molar refractivity (Wildman–Crippen MR) is 181 cm³/mol. The molecule has 1 aromatic heterocycles. The average Bonchev–Trinajstić information content (AvgIpc) is 3.54. The molecular formula is C37H39N3O4S. The molecule has 4 aromatic carbocycles. The van der Waals surface area contributed by atoms with Gasteiger partial charge in [0.25, 0.3) is 5.91 Å². The Labute approximate surface area is 269 Å². The molecule has 8 heteroatoms. The molecule has 0 atom stereocenters. The van der Waals surface area contributed by atoms with Crippen molar-refractivity contribution in [1.82, 2.24) is 9.88 Å². The summed E-state index contributed by atoms with van der Waals surface area (Å²) in [6.45, 7) is 6.73. The number of hydrogen-bond donors (Lipinski definition) is 1. The van der Waals surface area contributed by atoms with Gasteiger partial charge in [-0.25, -0.2) is 4.98 Å². The molecule has 45 heavy (non-hydrogen) atoms. The number of nitrogens with zero attached hydrogens (tertiary/aromatic N) is 2. The predicted octanol–water partition coefficient (Wildman–Crippen LogP) is 7.85. The van der Waals surface area contributed by atoms with E-state index in [2.05, 4.69) is 47.5 Å². The second-order valence-electron chi connectivity index (χ2n) is 10.9. The first-order valence-electron chi connectivity index (χ1n) is 14.9. The van der Waals surface area contributed by atoms with Crippen LogP contribution in [-0.4, -0.2) is 36.6 Å². The minimum Gasteiger partial charge on any atom is -0.493 e. The monoisotopic (exact) mass is 621 g/mol. The van der Waals surface area contributed by atoms with Gasteiger partial charge in [0.05, 0.1) is 20.8 Å². The fourth-order valence-corrected chi connectivity index (χ4v) is 5.74. The van der Waals surface area contributed by atoms with Crippen molar-refractivity contribution in [3.05, 3.63) is 135 Å². The number of nitrogens with one attached hydrogen (secondary N) is 1. The van der Waals surface area contributed by atoms with Gasteiger partial charge in [-0.1, -0.05) is 54.6 Å². The van der Waals surface area contributed by atoms with Crippen LogP contribution >= 0.6 is 11.3 Å². The second kappa shape index (κ2) is 15.4. The van der Waals surface area contributed by atoms with Gasteiger partial charge in [0.1, 0.15) is 23.1 Å². The summed E-state index contributed by atoms with van der Waals surface area (Å²) < 4.78 is 16.9. The number of thiazole rings is 1. The van der Waals surface area contributed by atoms with E-state index in [0.29, 0.717) is 30.3 Å². The Bertz CT molecular complexity index is 1700. The van der Waals surface area contributed by atoms with Gasteiger partial charge in [-0.3, -0.25) is 9.69 Å². The highest BCUT2D eigenvalue weighted by Crippen LogP contribution is 2.28. The topological polar surface area (TPSA) is 72.9 Å². The molecule has 232 valence electrons. The Kier molecular flexibility index (Phi) is 10.8. The molecule has 0 saturated heterocycles. The fourth-order valence-electron chi connectivity index (χ4n) is 4.92. The molecule has 0 saturated carbocycles. The maximum atomic E-state index is 13.0. The lowest BCUT2D eigenvalue weighted by Crippen LogP contribution is -2.25. The Morgan fingerprint density at radius 3 is 2.29 bits per heavy atom. The number of aryl methyl sites for hydroxylation is 2. The van der Waals surface area contributed by atoms with E-state index in [0.717, 1.165) is 52.6 Å². The van der Waals surface area contributed by atoms with Crippen LogP contribution in [0.4, 0.5) is 5.69 Å². The highest BCUT2D eigenvalue weighted by Gasteiger charge is 2.16. The van der Waals surface area contributed by atoms with Gasteiger partial charge < -0.3 is 19.5 Å². The van der Waals surface area contributed by atoms with E-state index in [1.165, 1.54) is 22.5 Å². The van der Waals surface area contributed by atoms with Crippen LogP contribution in [0, 0.1) is 13.8 Å². The van der Waals surface area contributed by atoms with Crippen LogP contribution in [0.25, 0.3) is 0 Å². The Balaban J connectivity index is 1.27. The smallest absolute Gasteiger partial charge is 0.275 e. The maximum absolute atomic E-state index is 13.0. The molecule has 0 aliphatic rings. The van der Waals surface area contributed by atoms with Crippen LogP contribution in [0.15, 0.2) is 96.4 Å². The van der Waals surface area contributed by atoms with Crippen molar-refractivity contribution in [1.29, 1.82) is 0 Å². The number of amides is 1. The van der Waals surface area contributed by atoms with Crippen LogP contribution < -0.4 is 19.5 Å². The molecule has 0 unspecified atom stereocenters. The molecule has 1 heterocycles. The summed E-state index contributed by atoms with van der Waals surface area (Å²) in [5.74, 6) is 2.05. The lowest BCUT2D eigenvalue weighted by atomic mass is 10.1. The lowest BCUT2D eigenvalue weighted by Gasteiger charge is -2.22. The zero-order chi connectivity index (χ0) is 31.6. The minimum absolute atomic E-state index is 0.205. The largest absolute Gasteiger partial charge is 0.493 e. The van der Waals surface area contributed by atoms with Crippen LogP contribution in [0.3, 0.4) is 0 Å². The van der Waals surface area contributed by atoms with Gasteiger partial charge in [0, 0.05) is 24.2 Å². The zero-order valence-electron chi connectivity index (χ0n) is 26.2. The van der Waals surface area contributed by atoms with Crippen molar-refractivity contribution in [2.45, 2.75) is 40.0 Å². The molecule has 0 aliphatic heterocycles. The summed E-state index contributed by atoms with van der Waals surface area (Å²) in [6, 6.07) is 30.3. The van der Waals surface area contributed by atoms with E-state index in [-0.39, 0.29) is 5.91 Å². The fraction of sp³-hybridized carbons (Fsp3) is 0.243. The van der Waals surface area contributed by atoms with Crippen LogP contribution in [0.2, 0.25) is 0 Å². The van der Waals surface area contributed by atoms with Gasteiger partial charge in [-0.05, 0) is 84.5 Å². The molecule has 1 amide bonds.